The van der Waals surface area contributed by atoms with Gasteiger partial charge in [0.1, 0.15) is 5.82 Å². The van der Waals surface area contributed by atoms with Crippen LogP contribution in [0.3, 0.4) is 0 Å². The predicted molar refractivity (Wildman–Crippen MR) is 157 cm³/mol. The van der Waals surface area contributed by atoms with Gasteiger partial charge < -0.3 is 9.67 Å². The number of halogens is 1. The van der Waals surface area contributed by atoms with Gasteiger partial charge in [0.2, 0.25) is 0 Å². The second-order valence-electron chi connectivity index (χ2n) is 10.1. The van der Waals surface area contributed by atoms with E-state index in [4.69, 9.17) is 10.1 Å². The maximum atomic E-state index is 13.7. The average Bonchev–Trinajstić information content (AvgIpc) is 3.30. The summed E-state index contributed by atoms with van der Waals surface area (Å²) in [7, 11) is 0. The Labute approximate surface area is 233 Å². The second-order valence-corrected chi connectivity index (χ2v) is 11.0. The number of hydrogen-bond donors (Lipinski definition) is 1. The van der Waals surface area contributed by atoms with Crippen molar-refractivity contribution in [1.29, 1.82) is 0 Å². The molecule has 5 aromatic rings. The number of benzene rings is 3. The number of aromatic carboxylic acids is 1. The smallest absolute Gasteiger partial charge is 0.335 e. The Hall–Kier alpha value is -4.04. The van der Waals surface area contributed by atoms with Crippen LogP contribution < -0.4 is 5.56 Å². The van der Waals surface area contributed by atoms with E-state index in [0.29, 0.717) is 17.4 Å². The summed E-state index contributed by atoms with van der Waals surface area (Å²) < 4.78 is 4.45. The number of carboxylic acid groups (broad SMARTS) is 1. The standard InChI is InChI=1S/C31H27BrN4O3/c32-24-14-15-27-26(16-24)30(37)36(29(34-27)21-6-2-1-3-7-21)33-17-23-19-35(28-9-5-4-8-25(23)28)18-20-10-12-22(13-11-20)31(38)39/h4-5,8-17,19,21H,1-3,6-7,18H2,(H,38,39). The van der Waals surface area contributed by atoms with Gasteiger partial charge in [-0.3, -0.25) is 4.79 Å². The van der Waals surface area contributed by atoms with Gasteiger partial charge in [-0.2, -0.15) is 9.78 Å². The zero-order valence-electron chi connectivity index (χ0n) is 21.3. The molecular formula is C31H27BrN4O3. The zero-order chi connectivity index (χ0) is 26.9. The van der Waals surface area contributed by atoms with Gasteiger partial charge in [-0.25, -0.2) is 9.78 Å². The van der Waals surface area contributed by atoms with Gasteiger partial charge >= 0.3 is 5.97 Å². The van der Waals surface area contributed by atoms with Crippen molar-refractivity contribution in [1.82, 2.24) is 14.2 Å². The molecule has 0 amide bonds. The van der Waals surface area contributed by atoms with Crippen LogP contribution in [0.5, 0.6) is 0 Å². The van der Waals surface area contributed by atoms with Crippen molar-refractivity contribution in [3.8, 4) is 0 Å². The molecule has 7 nitrogen and oxygen atoms in total. The fourth-order valence-electron chi connectivity index (χ4n) is 5.48. The molecule has 0 saturated heterocycles. The van der Waals surface area contributed by atoms with Gasteiger partial charge in [0.15, 0.2) is 0 Å². The predicted octanol–water partition coefficient (Wildman–Crippen LogP) is 6.79. The SMILES string of the molecule is O=C(O)c1ccc(Cn2cc(C=Nn3c(C4CCCCC4)nc4ccc(Br)cc4c3=O)c3ccccc32)cc1. The van der Waals surface area contributed by atoms with Crippen LogP contribution in [-0.4, -0.2) is 31.5 Å². The van der Waals surface area contributed by atoms with Gasteiger partial charge in [-0.1, -0.05) is 65.5 Å². The lowest BCUT2D eigenvalue weighted by Gasteiger charge is -2.22. The quantitative estimate of drug-likeness (QED) is 0.223. The highest BCUT2D eigenvalue weighted by molar-refractivity contribution is 9.10. The lowest BCUT2D eigenvalue weighted by atomic mass is 9.88. The molecule has 0 atom stereocenters. The highest BCUT2D eigenvalue weighted by atomic mass is 79.9. The first-order chi connectivity index (χ1) is 19.0. The Balaban J connectivity index is 1.42. The third-order valence-electron chi connectivity index (χ3n) is 7.49. The summed E-state index contributed by atoms with van der Waals surface area (Å²) in [5, 5.41) is 15.5. The van der Waals surface area contributed by atoms with E-state index >= 15 is 0 Å². The van der Waals surface area contributed by atoms with Crippen molar-refractivity contribution in [2.45, 2.75) is 44.6 Å². The van der Waals surface area contributed by atoms with Crippen LogP contribution in [0.15, 0.2) is 87.3 Å². The molecule has 0 aliphatic heterocycles. The van der Waals surface area contributed by atoms with Crippen molar-refractivity contribution in [2.75, 3.05) is 0 Å². The van der Waals surface area contributed by atoms with Crippen LogP contribution in [0, 0.1) is 0 Å². The zero-order valence-corrected chi connectivity index (χ0v) is 22.8. The van der Waals surface area contributed by atoms with Crippen molar-refractivity contribution >= 4 is 49.9 Å². The average molecular weight is 583 g/mol. The van der Waals surface area contributed by atoms with E-state index in [1.807, 2.05) is 60.8 Å². The monoisotopic (exact) mass is 582 g/mol. The van der Waals surface area contributed by atoms with E-state index in [2.05, 4.69) is 20.5 Å². The fraction of sp³-hybridized carbons (Fsp3) is 0.226. The molecule has 1 saturated carbocycles. The highest BCUT2D eigenvalue weighted by Crippen LogP contribution is 2.32. The summed E-state index contributed by atoms with van der Waals surface area (Å²) in [6.07, 6.45) is 9.26. The Bertz CT molecular complexity index is 1780. The van der Waals surface area contributed by atoms with Crippen LogP contribution in [-0.2, 0) is 6.54 Å². The second kappa shape index (κ2) is 10.6. The minimum Gasteiger partial charge on any atom is -0.478 e. The topological polar surface area (TPSA) is 89.5 Å². The molecule has 1 aliphatic carbocycles. The van der Waals surface area contributed by atoms with E-state index in [1.165, 1.54) is 11.1 Å². The number of rotatable bonds is 6. The van der Waals surface area contributed by atoms with Gasteiger partial charge in [-0.05, 0) is 54.8 Å². The van der Waals surface area contributed by atoms with E-state index in [1.54, 1.807) is 18.3 Å². The lowest BCUT2D eigenvalue weighted by molar-refractivity contribution is 0.0697. The van der Waals surface area contributed by atoms with Crippen molar-refractivity contribution < 1.29 is 9.90 Å². The van der Waals surface area contributed by atoms with E-state index in [9.17, 15) is 14.7 Å². The summed E-state index contributed by atoms with van der Waals surface area (Å²) in [5.74, 6) is -0.00960. The largest absolute Gasteiger partial charge is 0.478 e. The number of para-hydroxylation sites is 1. The first kappa shape index (κ1) is 25.2. The van der Waals surface area contributed by atoms with E-state index < -0.39 is 5.97 Å². The van der Waals surface area contributed by atoms with Crippen LogP contribution in [0.2, 0.25) is 0 Å². The van der Waals surface area contributed by atoms with E-state index in [0.717, 1.165) is 58.0 Å². The molecule has 2 aromatic heterocycles. The fourth-order valence-corrected chi connectivity index (χ4v) is 5.84. The Morgan fingerprint density at radius 3 is 2.56 bits per heavy atom. The van der Waals surface area contributed by atoms with Gasteiger partial charge in [0.05, 0.1) is 22.7 Å². The Morgan fingerprint density at radius 1 is 1.03 bits per heavy atom. The molecule has 0 bridgehead atoms. The number of nitrogens with zero attached hydrogens (tertiary/aromatic N) is 4. The third-order valence-corrected chi connectivity index (χ3v) is 7.98. The first-order valence-corrected chi connectivity index (χ1v) is 13.9. The molecule has 2 heterocycles. The Kier molecular flexibility index (Phi) is 6.87. The van der Waals surface area contributed by atoms with Crippen LogP contribution in [0.4, 0.5) is 0 Å². The van der Waals surface area contributed by atoms with Crippen LogP contribution in [0.1, 0.15) is 65.3 Å². The summed E-state index contributed by atoms with van der Waals surface area (Å²) in [5.41, 5.74) is 3.70. The third kappa shape index (κ3) is 5.04. The highest BCUT2D eigenvalue weighted by Gasteiger charge is 2.22. The minimum atomic E-state index is -0.940. The van der Waals surface area contributed by atoms with Gasteiger partial charge in [0, 0.05) is 39.6 Å². The molecule has 8 heteroatoms. The maximum Gasteiger partial charge on any atom is 0.335 e. The molecule has 6 rings (SSSR count). The molecule has 0 spiro atoms. The molecule has 1 N–H and O–H groups in total. The molecule has 196 valence electrons. The van der Waals surface area contributed by atoms with Crippen LogP contribution in [0.25, 0.3) is 21.8 Å². The first-order valence-electron chi connectivity index (χ1n) is 13.1. The minimum absolute atomic E-state index is 0.166. The van der Waals surface area contributed by atoms with Gasteiger partial charge in [-0.15, -0.1) is 0 Å². The number of fused-ring (bicyclic) bond motifs is 2. The molecule has 39 heavy (non-hydrogen) atoms. The van der Waals surface area contributed by atoms with Crippen molar-refractivity contribution in [3.63, 3.8) is 0 Å². The van der Waals surface area contributed by atoms with Gasteiger partial charge in [0.25, 0.3) is 5.56 Å². The van der Waals surface area contributed by atoms with Crippen molar-refractivity contribution in [3.05, 3.63) is 110 Å². The molecular weight excluding hydrogens is 556 g/mol. The molecule has 1 aliphatic rings. The number of hydrogen-bond acceptors (Lipinski definition) is 4. The normalized spacial score (nSPS) is 14.5. The molecule has 1 fully saturated rings. The maximum absolute atomic E-state index is 13.7. The van der Waals surface area contributed by atoms with Crippen LogP contribution >= 0.6 is 15.9 Å². The summed E-state index contributed by atoms with van der Waals surface area (Å²) in [6, 6.07) is 20.6. The summed E-state index contributed by atoms with van der Waals surface area (Å²) in [6.45, 7) is 0.576. The number of carbonyl (C=O) groups is 1. The number of aromatic nitrogens is 3. The summed E-state index contributed by atoms with van der Waals surface area (Å²) in [4.78, 5) is 29.9. The lowest BCUT2D eigenvalue weighted by Crippen LogP contribution is -2.25. The van der Waals surface area contributed by atoms with E-state index in [-0.39, 0.29) is 17.0 Å². The number of carboxylic acids is 1. The summed E-state index contributed by atoms with van der Waals surface area (Å²) >= 11 is 3.48. The molecule has 0 radical (unpaired) electrons. The molecule has 0 unspecified atom stereocenters. The van der Waals surface area contributed by atoms with Crippen molar-refractivity contribution in [2.24, 2.45) is 5.10 Å². The Morgan fingerprint density at radius 2 is 1.79 bits per heavy atom. The molecule has 3 aromatic carbocycles.